The zero-order valence-electron chi connectivity index (χ0n) is 31.1. The van der Waals surface area contributed by atoms with Crippen LogP contribution in [0.4, 0.5) is 21.0 Å². The SMILES string of the molecule is COc1cc(NC(=O)NCCCc2ccc(-c3ccccc3)c(N(C(=O)O)C3CCC(N)CC3)c2)c(Cl)cc1CNCC(O)c1ccc(O)c2[nH]c(=O)ccc12. The number of aliphatic hydroxyl groups is 1. The van der Waals surface area contributed by atoms with E-state index in [1.165, 1.54) is 24.1 Å². The number of halogens is 1. The molecule has 294 valence electrons. The van der Waals surface area contributed by atoms with Crippen molar-refractivity contribution in [1.82, 2.24) is 15.6 Å². The number of aliphatic hydroxyl groups excluding tert-OH is 1. The molecule has 1 unspecified atom stereocenters. The van der Waals surface area contributed by atoms with Crippen molar-refractivity contribution < 1.29 is 29.6 Å². The van der Waals surface area contributed by atoms with Gasteiger partial charge in [0.05, 0.1) is 35.1 Å². The first-order valence-electron chi connectivity index (χ1n) is 18.6. The highest BCUT2D eigenvalue weighted by Crippen LogP contribution is 2.37. The van der Waals surface area contributed by atoms with Crippen LogP contribution >= 0.6 is 11.6 Å². The number of urea groups is 1. The number of nitrogens with two attached hydrogens (primary N) is 1. The third kappa shape index (κ3) is 9.61. The molecule has 56 heavy (non-hydrogen) atoms. The number of aromatic amines is 1. The number of benzene rings is 4. The molecule has 1 aliphatic rings. The van der Waals surface area contributed by atoms with E-state index in [0.29, 0.717) is 70.9 Å². The monoisotopic (exact) mass is 782 g/mol. The van der Waals surface area contributed by atoms with Crippen LogP contribution in [0.25, 0.3) is 22.0 Å². The largest absolute Gasteiger partial charge is 0.506 e. The number of fused-ring (bicyclic) bond motifs is 1. The van der Waals surface area contributed by atoms with Gasteiger partial charge in [-0.05, 0) is 79.5 Å². The fraction of sp³-hybridized carbons (Fsp3) is 0.310. The number of hydrogen-bond acceptors (Lipinski definition) is 8. The predicted octanol–water partition coefficient (Wildman–Crippen LogP) is 6.89. The molecule has 4 aromatic carbocycles. The van der Waals surface area contributed by atoms with Gasteiger partial charge in [-0.1, -0.05) is 60.1 Å². The minimum Gasteiger partial charge on any atom is -0.506 e. The van der Waals surface area contributed by atoms with Crippen molar-refractivity contribution in [3.63, 3.8) is 0 Å². The Kier molecular flexibility index (Phi) is 13.1. The van der Waals surface area contributed by atoms with Gasteiger partial charge in [-0.2, -0.15) is 0 Å². The summed E-state index contributed by atoms with van der Waals surface area (Å²) in [5.41, 5.74) is 11.0. The number of aromatic nitrogens is 1. The number of H-pyrrole nitrogens is 1. The maximum absolute atomic E-state index is 12.9. The van der Waals surface area contributed by atoms with Gasteiger partial charge in [0, 0.05) is 60.4 Å². The average Bonchev–Trinajstić information content (AvgIpc) is 3.19. The highest BCUT2D eigenvalue weighted by atomic mass is 35.5. The van der Waals surface area contributed by atoms with Crippen LogP contribution in [0.5, 0.6) is 11.5 Å². The molecule has 1 aliphatic carbocycles. The fourth-order valence-electron chi connectivity index (χ4n) is 7.29. The Morgan fingerprint density at radius 1 is 1.02 bits per heavy atom. The van der Waals surface area contributed by atoms with Crippen molar-refractivity contribution in [3.8, 4) is 22.6 Å². The number of amides is 3. The summed E-state index contributed by atoms with van der Waals surface area (Å²) in [7, 11) is 1.51. The summed E-state index contributed by atoms with van der Waals surface area (Å²) in [6.45, 7) is 0.788. The first-order chi connectivity index (χ1) is 27.0. The van der Waals surface area contributed by atoms with Crippen LogP contribution in [-0.4, -0.2) is 64.7 Å². The highest BCUT2D eigenvalue weighted by Gasteiger charge is 2.31. The topological polar surface area (TPSA) is 202 Å². The second-order valence-corrected chi connectivity index (χ2v) is 14.4. The number of methoxy groups -OCH3 is 1. The molecule has 1 saturated carbocycles. The zero-order chi connectivity index (χ0) is 39.8. The maximum atomic E-state index is 12.9. The van der Waals surface area contributed by atoms with Crippen molar-refractivity contribution in [2.75, 3.05) is 30.4 Å². The minimum atomic E-state index is -0.989. The molecule has 14 heteroatoms. The molecule has 1 fully saturated rings. The molecule has 0 spiro atoms. The van der Waals surface area contributed by atoms with Crippen LogP contribution in [0.15, 0.2) is 89.7 Å². The van der Waals surface area contributed by atoms with Gasteiger partial charge >= 0.3 is 12.1 Å². The summed E-state index contributed by atoms with van der Waals surface area (Å²) in [6, 6.07) is 24.4. The van der Waals surface area contributed by atoms with Crippen molar-refractivity contribution in [1.29, 1.82) is 0 Å². The summed E-state index contributed by atoms with van der Waals surface area (Å²) in [5.74, 6) is 0.384. The molecule has 1 aromatic heterocycles. The zero-order valence-corrected chi connectivity index (χ0v) is 31.8. The molecule has 13 nitrogen and oxygen atoms in total. The van der Waals surface area contributed by atoms with E-state index in [2.05, 4.69) is 20.9 Å². The number of nitrogens with zero attached hydrogens (tertiary/aromatic N) is 1. The van der Waals surface area contributed by atoms with Crippen LogP contribution in [-0.2, 0) is 13.0 Å². The van der Waals surface area contributed by atoms with Gasteiger partial charge in [0.15, 0.2) is 0 Å². The number of nitrogens with one attached hydrogen (secondary N) is 4. The van der Waals surface area contributed by atoms with Crippen molar-refractivity contribution in [3.05, 3.63) is 117 Å². The smallest absolute Gasteiger partial charge is 0.412 e. The molecular weight excluding hydrogens is 736 g/mol. The van der Waals surface area contributed by atoms with Crippen LogP contribution < -0.4 is 36.9 Å². The average molecular weight is 783 g/mol. The van der Waals surface area contributed by atoms with E-state index in [9.17, 15) is 29.7 Å². The van der Waals surface area contributed by atoms with Crippen molar-refractivity contribution in [2.45, 2.75) is 63.3 Å². The van der Waals surface area contributed by atoms with Gasteiger partial charge in [-0.25, -0.2) is 9.59 Å². The number of phenols is 1. The first-order valence-corrected chi connectivity index (χ1v) is 19.0. The molecule has 1 atom stereocenters. The number of phenolic OH excluding ortho intramolecular Hbond substituents is 1. The lowest BCUT2D eigenvalue weighted by Gasteiger charge is -2.35. The van der Waals surface area contributed by atoms with E-state index in [4.69, 9.17) is 22.1 Å². The third-order valence-corrected chi connectivity index (χ3v) is 10.5. The number of carbonyl (C=O) groups is 2. The molecule has 3 amide bonds. The standard InChI is InChI=1S/C42H47ClN6O7/c1-56-38-22-34(33(43)21-27(38)23-45-24-37(51)31-15-17-36(50)40-32(31)16-18-39(52)48-40)47-41(53)46-19-5-6-25-9-14-30(26-7-3-2-4-8-26)35(20-25)49(42(54)55)29-12-10-28(44)11-13-29/h2-4,7-9,14-18,20-22,28-29,37,45,50-51H,5-6,10-13,19,23-24,44H2,1H3,(H,48,52)(H,54,55)(H2,46,47,53). The lowest BCUT2D eigenvalue weighted by atomic mass is 9.89. The molecule has 6 rings (SSSR count). The third-order valence-electron chi connectivity index (χ3n) is 10.2. The van der Waals surface area contributed by atoms with E-state index in [1.807, 2.05) is 48.5 Å². The van der Waals surface area contributed by atoms with Crippen molar-refractivity contribution >= 4 is 46.0 Å². The van der Waals surface area contributed by atoms with E-state index < -0.39 is 18.2 Å². The normalized spacial score (nSPS) is 15.9. The van der Waals surface area contributed by atoms with E-state index in [0.717, 1.165) is 29.5 Å². The van der Waals surface area contributed by atoms with Crippen molar-refractivity contribution in [2.24, 2.45) is 5.73 Å². The van der Waals surface area contributed by atoms with Gasteiger partial charge in [0.1, 0.15) is 11.5 Å². The molecule has 0 aliphatic heterocycles. The maximum Gasteiger partial charge on any atom is 0.412 e. The number of aryl methyl sites for hydroxylation is 1. The Labute approximate surface area is 329 Å². The molecular formula is C42H47ClN6O7. The lowest BCUT2D eigenvalue weighted by Crippen LogP contribution is -2.44. The number of pyridine rings is 1. The first kappa shape index (κ1) is 40.1. The number of carbonyl (C=O) groups excluding carboxylic acids is 1. The number of aromatic hydroxyl groups is 1. The number of hydrogen-bond donors (Lipinski definition) is 8. The van der Waals surface area contributed by atoms with E-state index in [-0.39, 0.29) is 42.0 Å². The fourth-order valence-corrected chi connectivity index (χ4v) is 7.53. The molecule has 1 heterocycles. The number of rotatable bonds is 14. The second-order valence-electron chi connectivity index (χ2n) is 14.0. The Balaban J connectivity index is 1.04. The number of ether oxygens (including phenoxy) is 1. The van der Waals surface area contributed by atoms with Crippen LogP contribution in [0.1, 0.15) is 54.9 Å². The predicted molar refractivity (Wildman–Crippen MR) is 219 cm³/mol. The van der Waals surface area contributed by atoms with E-state index >= 15 is 0 Å². The van der Waals surface area contributed by atoms with Crippen LogP contribution in [0.3, 0.4) is 0 Å². The summed E-state index contributed by atoms with van der Waals surface area (Å²) >= 11 is 6.58. The number of anilines is 2. The Bertz CT molecular complexity index is 2230. The molecule has 0 bridgehead atoms. The minimum absolute atomic E-state index is 0.0886. The van der Waals surface area contributed by atoms with Gasteiger partial charge in [-0.15, -0.1) is 0 Å². The van der Waals surface area contributed by atoms with Gasteiger partial charge < -0.3 is 46.7 Å². The molecule has 5 aromatic rings. The summed E-state index contributed by atoms with van der Waals surface area (Å²) in [5, 5.41) is 41.2. The Morgan fingerprint density at radius 2 is 1.79 bits per heavy atom. The van der Waals surface area contributed by atoms with Gasteiger partial charge in [-0.3, -0.25) is 9.69 Å². The van der Waals surface area contributed by atoms with Gasteiger partial charge in [0.2, 0.25) is 5.56 Å². The number of carboxylic acid groups (broad SMARTS) is 1. The molecule has 0 radical (unpaired) electrons. The second kappa shape index (κ2) is 18.4. The Morgan fingerprint density at radius 3 is 2.52 bits per heavy atom. The summed E-state index contributed by atoms with van der Waals surface area (Å²) in [6.07, 6.45) is 2.24. The molecule has 9 N–H and O–H groups in total. The summed E-state index contributed by atoms with van der Waals surface area (Å²) < 4.78 is 5.58. The summed E-state index contributed by atoms with van der Waals surface area (Å²) in [4.78, 5) is 41.5. The van der Waals surface area contributed by atoms with Crippen LogP contribution in [0, 0.1) is 0 Å². The van der Waals surface area contributed by atoms with Crippen LogP contribution in [0.2, 0.25) is 5.02 Å². The highest BCUT2D eigenvalue weighted by molar-refractivity contribution is 6.33. The quantitative estimate of drug-likeness (QED) is 0.0552. The Hall–Kier alpha value is -5.60. The lowest BCUT2D eigenvalue weighted by molar-refractivity contribution is 0.175. The van der Waals surface area contributed by atoms with E-state index in [1.54, 1.807) is 24.3 Å². The molecule has 0 saturated heterocycles. The van der Waals surface area contributed by atoms with Gasteiger partial charge in [0.25, 0.3) is 0 Å².